The smallest absolute Gasteiger partial charge is 0.268 e. The highest BCUT2D eigenvalue weighted by Crippen LogP contribution is 2.12. The first-order chi connectivity index (χ1) is 13.5. The van der Waals surface area contributed by atoms with E-state index >= 15 is 0 Å². The topological polar surface area (TPSA) is 71.3 Å². The van der Waals surface area contributed by atoms with Gasteiger partial charge >= 0.3 is 0 Å². The van der Waals surface area contributed by atoms with Gasteiger partial charge in [-0.25, -0.2) is 0 Å². The van der Waals surface area contributed by atoms with Gasteiger partial charge in [-0.15, -0.1) is 0 Å². The second-order valence-electron chi connectivity index (χ2n) is 6.14. The second-order valence-corrected chi connectivity index (χ2v) is 6.57. The molecule has 0 atom stereocenters. The largest absolute Gasteiger partial charge is 0.462 e. The summed E-state index contributed by atoms with van der Waals surface area (Å²) in [6.07, 6.45) is 1.50. The molecule has 0 bridgehead atoms. The predicted molar refractivity (Wildman–Crippen MR) is 109 cm³/mol. The first-order valence-electron chi connectivity index (χ1n) is 8.68. The van der Waals surface area contributed by atoms with Crippen molar-refractivity contribution >= 4 is 29.5 Å². The van der Waals surface area contributed by atoms with Crippen LogP contribution in [0.5, 0.6) is 0 Å². The molecule has 0 unspecified atom stereocenters. The van der Waals surface area contributed by atoms with Crippen LogP contribution in [0.15, 0.2) is 76.8 Å². The van der Waals surface area contributed by atoms with Gasteiger partial charge in [0.25, 0.3) is 11.8 Å². The third kappa shape index (κ3) is 5.34. The molecule has 2 aromatic carbocycles. The molecule has 3 aromatic rings. The number of rotatable bonds is 6. The van der Waals surface area contributed by atoms with E-state index in [2.05, 4.69) is 10.6 Å². The summed E-state index contributed by atoms with van der Waals surface area (Å²) in [5, 5.41) is 6.08. The number of furan rings is 1. The maximum Gasteiger partial charge on any atom is 0.268 e. The van der Waals surface area contributed by atoms with Gasteiger partial charge in [-0.3, -0.25) is 9.59 Å². The van der Waals surface area contributed by atoms with Crippen molar-refractivity contribution < 1.29 is 14.0 Å². The third-order valence-corrected chi connectivity index (χ3v) is 4.19. The molecule has 0 radical (unpaired) electrons. The van der Waals surface area contributed by atoms with Gasteiger partial charge in [-0.2, -0.15) is 0 Å². The Morgan fingerprint density at radius 1 is 1.00 bits per heavy atom. The summed E-state index contributed by atoms with van der Waals surface area (Å²) in [4.78, 5) is 25.2. The van der Waals surface area contributed by atoms with Crippen molar-refractivity contribution in [3.05, 3.63) is 100 Å². The maximum absolute atomic E-state index is 12.7. The molecule has 0 saturated heterocycles. The fourth-order valence-corrected chi connectivity index (χ4v) is 2.62. The summed E-state index contributed by atoms with van der Waals surface area (Å²) >= 11 is 5.88. The van der Waals surface area contributed by atoms with Crippen molar-refractivity contribution in [1.82, 2.24) is 10.6 Å². The molecular weight excluding hydrogens is 376 g/mol. The number of hydrogen-bond donors (Lipinski definition) is 2. The summed E-state index contributed by atoms with van der Waals surface area (Å²) in [6.45, 7) is 2.10. The molecule has 0 aliphatic heterocycles. The molecule has 1 heterocycles. The van der Waals surface area contributed by atoms with Crippen LogP contribution < -0.4 is 10.6 Å². The molecule has 0 aliphatic rings. The number of aryl methyl sites for hydroxylation is 1. The number of carbonyl (C=O) groups excluding carboxylic acids is 2. The Kier molecular flexibility index (Phi) is 6.29. The average molecular weight is 395 g/mol. The zero-order chi connectivity index (χ0) is 19.9. The average Bonchev–Trinajstić information content (AvgIpc) is 3.12. The van der Waals surface area contributed by atoms with Gasteiger partial charge in [0, 0.05) is 23.2 Å². The Hall–Kier alpha value is -3.31. The summed E-state index contributed by atoms with van der Waals surface area (Å²) < 4.78 is 5.51. The molecule has 0 fully saturated rings. The van der Waals surface area contributed by atoms with Crippen LogP contribution in [0.1, 0.15) is 27.4 Å². The standard InChI is InChI=1S/C22H19ClN2O3/c1-15-7-12-19(28-15)13-20(25-21(26)17-5-3-2-4-6-17)22(27)24-14-16-8-10-18(23)11-9-16/h2-13H,14H2,1H3,(H,24,27)(H,25,26)/b20-13+. The molecule has 28 heavy (non-hydrogen) atoms. The van der Waals surface area contributed by atoms with Gasteiger partial charge < -0.3 is 15.1 Å². The SMILES string of the molecule is Cc1ccc(/C=C(/NC(=O)c2ccccc2)C(=O)NCc2ccc(Cl)cc2)o1. The molecule has 3 rings (SSSR count). The molecule has 2 amide bonds. The number of amides is 2. The fourth-order valence-electron chi connectivity index (χ4n) is 2.50. The second kappa shape index (κ2) is 9.06. The Morgan fingerprint density at radius 2 is 1.71 bits per heavy atom. The van der Waals surface area contributed by atoms with Gasteiger partial charge in [-0.05, 0) is 48.9 Å². The highest BCUT2D eigenvalue weighted by atomic mass is 35.5. The minimum absolute atomic E-state index is 0.0946. The first kappa shape index (κ1) is 19.5. The maximum atomic E-state index is 12.7. The summed E-state index contributed by atoms with van der Waals surface area (Å²) in [6, 6.07) is 19.4. The van der Waals surface area contributed by atoms with E-state index in [-0.39, 0.29) is 11.6 Å². The van der Waals surface area contributed by atoms with E-state index in [9.17, 15) is 9.59 Å². The fraction of sp³-hybridized carbons (Fsp3) is 0.0909. The van der Waals surface area contributed by atoms with Crippen molar-refractivity contribution in [3.63, 3.8) is 0 Å². The summed E-state index contributed by atoms with van der Waals surface area (Å²) in [7, 11) is 0. The van der Waals surface area contributed by atoms with E-state index < -0.39 is 5.91 Å². The van der Waals surface area contributed by atoms with E-state index in [4.69, 9.17) is 16.0 Å². The van der Waals surface area contributed by atoms with Crippen molar-refractivity contribution in [2.45, 2.75) is 13.5 Å². The molecule has 0 saturated carbocycles. The molecule has 6 heteroatoms. The van der Waals surface area contributed by atoms with Crippen LogP contribution in [-0.2, 0) is 11.3 Å². The van der Waals surface area contributed by atoms with Crippen LogP contribution in [0.2, 0.25) is 5.02 Å². The van der Waals surface area contributed by atoms with Gasteiger partial charge in [0.1, 0.15) is 17.2 Å². The van der Waals surface area contributed by atoms with E-state index in [0.29, 0.717) is 28.7 Å². The van der Waals surface area contributed by atoms with Gasteiger partial charge in [0.15, 0.2) is 0 Å². The molecule has 2 N–H and O–H groups in total. The van der Waals surface area contributed by atoms with Crippen molar-refractivity contribution in [2.75, 3.05) is 0 Å². The van der Waals surface area contributed by atoms with Crippen LogP contribution in [0, 0.1) is 6.92 Å². The van der Waals surface area contributed by atoms with Crippen molar-refractivity contribution in [3.8, 4) is 0 Å². The van der Waals surface area contributed by atoms with Crippen molar-refractivity contribution in [1.29, 1.82) is 0 Å². The Labute approximate surface area is 168 Å². The summed E-state index contributed by atoms with van der Waals surface area (Å²) in [5.41, 5.74) is 1.44. The normalized spacial score (nSPS) is 11.1. The first-order valence-corrected chi connectivity index (χ1v) is 9.06. The summed E-state index contributed by atoms with van der Waals surface area (Å²) in [5.74, 6) is 0.383. The molecule has 0 spiro atoms. The van der Waals surface area contributed by atoms with Gasteiger partial charge in [0.05, 0.1) is 0 Å². The van der Waals surface area contributed by atoms with Crippen LogP contribution >= 0.6 is 11.6 Å². The number of hydrogen-bond acceptors (Lipinski definition) is 3. The van der Waals surface area contributed by atoms with Crippen LogP contribution in [-0.4, -0.2) is 11.8 Å². The zero-order valence-electron chi connectivity index (χ0n) is 15.2. The lowest BCUT2D eigenvalue weighted by Gasteiger charge is -2.11. The molecule has 1 aromatic heterocycles. The lowest BCUT2D eigenvalue weighted by atomic mass is 10.2. The quantitative estimate of drug-likeness (QED) is 0.611. The lowest BCUT2D eigenvalue weighted by Crippen LogP contribution is -2.34. The monoisotopic (exact) mass is 394 g/mol. The minimum Gasteiger partial charge on any atom is -0.462 e. The number of benzene rings is 2. The Bertz CT molecular complexity index is 992. The minimum atomic E-state index is -0.423. The van der Waals surface area contributed by atoms with E-state index in [1.165, 1.54) is 6.08 Å². The Balaban J connectivity index is 1.77. The number of carbonyl (C=O) groups is 2. The van der Waals surface area contributed by atoms with E-state index in [1.807, 2.05) is 18.2 Å². The third-order valence-electron chi connectivity index (χ3n) is 3.94. The predicted octanol–water partition coefficient (Wildman–Crippen LogP) is 4.33. The lowest BCUT2D eigenvalue weighted by molar-refractivity contribution is -0.117. The van der Waals surface area contributed by atoms with Crippen LogP contribution in [0.3, 0.4) is 0 Å². The number of halogens is 1. The van der Waals surface area contributed by atoms with Gasteiger partial charge in [0.2, 0.25) is 0 Å². The number of nitrogens with one attached hydrogen (secondary N) is 2. The van der Waals surface area contributed by atoms with Crippen molar-refractivity contribution in [2.24, 2.45) is 0 Å². The highest BCUT2D eigenvalue weighted by molar-refractivity contribution is 6.30. The Morgan fingerprint density at radius 3 is 2.36 bits per heavy atom. The molecule has 0 aliphatic carbocycles. The van der Waals surface area contributed by atoms with Crippen LogP contribution in [0.4, 0.5) is 0 Å². The van der Waals surface area contributed by atoms with E-state index in [0.717, 1.165) is 5.56 Å². The molecule has 142 valence electrons. The van der Waals surface area contributed by atoms with E-state index in [1.54, 1.807) is 55.5 Å². The molecule has 5 nitrogen and oxygen atoms in total. The van der Waals surface area contributed by atoms with Gasteiger partial charge in [-0.1, -0.05) is 41.9 Å². The zero-order valence-corrected chi connectivity index (χ0v) is 16.0. The van der Waals surface area contributed by atoms with Crippen LogP contribution in [0.25, 0.3) is 6.08 Å². The molecular formula is C22H19ClN2O3. The highest BCUT2D eigenvalue weighted by Gasteiger charge is 2.15.